The number of rotatable bonds is 3. The summed E-state index contributed by atoms with van der Waals surface area (Å²) in [5.74, 6) is -0.0324. The van der Waals surface area contributed by atoms with Crippen molar-refractivity contribution in [3.63, 3.8) is 0 Å². The predicted molar refractivity (Wildman–Crippen MR) is 37.9 cm³/mol. The van der Waals surface area contributed by atoms with Crippen molar-refractivity contribution in [3.05, 3.63) is 0 Å². The summed E-state index contributed by atoms with van der Waals surface area (Å²) in [6.45, 7) is 5.13. The number of ketones is 1. The smallest absolute Gasteiger partial charge is 0.138 e. The predicted octanol–water partition coefficient (Wildman–Crippen LogP) is 1.64. The molecule has 0 heterocycles. The van der Waals surface area contributed by atoms with Gasteiger partial charge in [-0.3, -0.25) is 4.79 Å². The zero-order valence-corrected chi connectivity index (χ0v) is 6.19. The third-order valence-corrected chi connectivity index (χ3v) is 1.42. The molecule has 0 radical (unpaired) electrons. The van der Waals surface area contributed by atoms with Crippen LogP contribution >= 0.6 is 0 Å². The van der Waals surface area contributed by atoms with Gasteiger partial charge in [-0.05, 0) is 20.3 Å². The molecule has 2 heteroatoms. The second-order valence-corrected chi connectivity index (χ2v) is 2.25. The number of hydrogen-bond donors (Lipinski definition) is 1. The molecule has 0 aromatic heterocycles. The van der Waals surface area contributed by atoms with Gasteiger partial charge >= 0.3 is 0 Å². The van der Waals surface area contributed by atoms with Crippen molar-refractivity contribution in [1.29, 1.82) is 5.41 Å². The van der Waals surface area contributed by atoms with Gasteiger partial charge in [-0.25, -0.2) is 0 Å². The highest BCUT2D eigenvalue weighted by atomic mass is 16.1. The lowest BCUT2D eigenvalue weighted by Gasteiger charge is -2.06. The van der Waals surface area contributed by atoms with Crippen molar-refractivity contribution in [1.82, 2.24) is 0 Å². The molecule has 1 unspecified atom stereocenters. The molecule has 0 aliphatic rings. The minimum Gasteiger partial charge on any atom is -0.309 e. The first-order valence-electron chi connectivity index (χ1n) is 3.15. The molecule has 0 amide bonds. The van der Waals surface area contributed by atoms with Gasteiger partial charge in [0.15, 0.2) is 0 Å². The zero-order chi connectivity index (χ0) is 7.44. The van der Waals surface area contributed by atoms with Crippen LogP contribution in [0.15, 0.2) is 0 Å². The van der Waals surface area contributed by atoms with E-state index < -0.39 is 0 Å². The van der Waals surface area contributed by atoms with Crippen LogP contribution in [0.25, 0.3) is 0 Å². The van der Waals surface area contributed by atoms with E-state index >= 15 is 0 Å². The summed E-state index contributed by atoms with van der Waals surface area (Å²) in [5, 5.41) is 7.16. The van der Waals surface area contributed by atoms with E-state index in [4.69, 9.17) is 5.41 Å². The Balaban J connectivity index is 3.99. The third-order valence-electron chi connectivity index (χ3n) is 1.42. The van der Waals surface area contributed by atoms with Crippen LogP contribution in [-0.2, 0) is 4.79 Å². The number of carbonyl (C=O) groups is 1. The molecule has 9 heavy (non-hydrogen) atoms. The van der Waals surface area contributed by atoms with Crippen LogP contribution < -0.4 is 0 Å². The number of carbonyl (C=O) groups excluding carboxylic acids is 1. The van der Waals surface area contributed by atoms with Crippen LogP contribution in [0, 0.1) is 11.3 Å². The standard InChI is InChI=1S/C7H13NO/c1-4-7(5(2)8)6(3)9/h7-8H,4H2,1-3H3. The van der Waals surface area contributed by atoms with Gasteiger partial charge in [0.1, 0.15) is 5.78 Å². The molecule has 1 atom stereocenters. The maximum Gasteiger partial charge on any atom is 0.138 e. The molecule has 52 valence electrons. The lowest BCUT2D eigenvalue weighted by molar-refractivity contribution is -0.118. The maximum atomic E-state index is 10.7. The molecule has 0 saturated heterocycles. The Morgan fingerprint density at radius 3 is 2.00 bits per heavy atom. The van der Waals surface area contributed by atoms with E-state index in [9.17, 15) is 4.79 Å². The van der Waals surface area contributed by atoms with E-state index in [2.05, 4.69) is 0 Å². The minimum absolute atomic E-state index is 0.102. The Morgan fingerprint density at radius 1 is 1.56 bits per heavy atom. The van der Waals surface area contributed by atoms with Crippen LogP contribution in [-0.4, -0.2) is 11.5 Å². The summed E-state index contributed by atoms with van der Waals surface area (Å²) < 4.78 is 0. The highest BCUT2D eigenvalue weighted by Crippen LogP contribution is 2.04. The Morgan fingerprint density at radius 2 is 2.00 bits per heavy atom. The van der Waals surface area contributed by atoms with Gasteiger partial charge in [-0.15, -0.1) is 0 Å². The number of Topliss-reactive ketones (excluding diaryl/α,β-unsaturated/α-hetero) is 1. The van der Waals surface area contributed by atoms with E-state index in [-0.39, 0.29) is 11.7 Å². The molecule has 0 bridgehead atoms. The van der Waals surface area contributed by atoms with Crippen LogP contribution in [0.2, 0.25) is 0 Å². The van der Waals surface area contributed by atoms with Crippen molar-refractivity contribution in [2.75, 3.05) is 0 Å². The normalized spacial score (nSPS) is 12.8. The Labute approximate surface area is 55.8 Å². The van der Waals surface area contributed by atoms with E-state index in [1.54, 1.807) is 6.92 Å². The fourth-order valence-electron chi connectivity index (χ4n) is 0.899. The molecule has 0 saturated carbocycles. The van der Waals surface area contributed by atoms with Crippen LogP contribution in [0.5, 0.6) is 0 Å². The molecule has 0 spiro atoms. The Kier molecular flexibility index (Phi) is 3.13. The summed E-state index contributed by atoms with van der Waals surface area (Å²) in [5.41, 5.74) is 0.477. The quantitative estimate of drug-likeness (QED) is 0.575. The molecule has 0 rings (SSSR count). The topological polar surface area (TPSA) is 40.9 Å². The molecule has 2 nitrogen and oxygen atoms in total. The molecule has 0 aromatic rings. The molecular formula is C7H13NO. The maximum absolute atomic E-state index is 10.7. The SMILES string of the molecule is CCC(C(C)=N)C(C)=O. The zero-order valence-electron chi connectivity index (χ0n) is 6.19. The van der Waals surface area contributed by atoms with E-state index in [0.717, 1.165) is 6.42 Å². The van der Waals surface area contributed by atoms with Crippen LogP contribution in [0.1, 0.15) is 27.2 Å². The minimum atomic E-state index is -0.134. The summed E-state index contributed by atoms with van der Waals surface area (Å²) in [6.07, 6.45) is 0.755. The number of nitrogens with one attached hydrogen (secondary N) is 1. The summed E-state index contributed by atoms with van der Waals surface area (Å²) in [4.78, 5) is 10.7. The fourth-order valence-corrected chi connectivity index (χ4v) is 0.899. The average Bonchev–Trinajstić information content (AvgIpc) is 1.64. The molecular weight excluding hydrogens is 114 g/mol. The summed E-state index contributed by atoms with van der Waals surface area (Å²) in [6, 6.07) is 0. The van der Waals surface area contributed by atoms with E-state index in [0.29, 0.717) is 5.71 Å². The van der Waals surface area contributed by atoms with E-state index in [1.165, 1.54) is 6.92 Å². The van der Waals surface area contributed by atoms with Gasteiger partial charge in [0.2, 0.25) is 0 Å². The van der Waals surface area contributed by atoms with Crippen molar-refractivity contribution in [2.45, 2.75) is 27.2 Å². The van der Waals surface area contributed by atoms with Gasteiger partial charge in [0.05, 0.1) is 5.92 Å². The van der Waals surface area contributed by atoms with Gasteiger partial charge in [-0.2, -0.15) is 0 Å². The highest BCUT2D eigenvalue weighted by molar-refractivity contribution is 6.01. The Hall–Kier alpha value is -0.660. The lowest BCUT2D eigenvalue weighted by atomic mass is 9.98. The summed E-state index contributed by atoms with van der Waals surface area (Å²) in [7, 11) is 0. The molecule has 0 aromatic carbocycles. The van der Waals surface area contributed by atoms with Crippen molar-refractivity contribution >= 4 is 11.5 Å². The van der Waals surface area contributed by atoms with Crippen LogP contribution in [0.3, 0.4) is 0 Å². The van der Waals surface area contributed by atoms with Crippen molar-refractivity contribution in [2.24, 2.45) is 5.92 Å². The molecule has 0 aliphatic carbocycles. The van der Waals surface area contributed by atoms with Gasteiger partial charge < -0.3 is 5.41 Å². The second kappa shape index (κ2) is 3.38. The van der Waals surface area contributed by atoms with Crippen molar-refractivity contribution < 1.29 is 4.79 Å². The average molecular weight is 127 g/mol. The molecule has 0 fully saturated rings. The first-order chi connectivity index (χ1) is 4.09. The molecule has 0 aliphatic heterocycles. The summed E-state index contributed by atoms with van der Waals surface area (Å²) >= 11 is 0. The highest BCUT2D eigenvalue weighted by Gasteiger charge is 2.12. The second-order valence-electron chi connectivity index (χ2n) is 2.25. The van der Waals surface area contributed by atoms with Gasteiger partial charge in [-0.1, -0.05) is 6.92 Å². The number of hydrogen-bond acceptors (Lipinski definition) is 2. The Bertz CT molecular complexity index is 115. The first-order valence-corrected chi connectivity index (χ1v) is 3.15. The van der Waals surface area contributed by atoms with Crippen molar-refractivity contribution in [3.8, 4) is 0 Å². The van der Waals surface area contributed by atoms with Gasteiger partial charge in [0, 0.05) is 5.71 Å². The van der Waals surface area contributed by atoms with Gasteiger partial charge in [0.25, 0.3) is 0 Å². The van der Waals surface area contributed by atoms with Crippen LogP contribution in [0.4, 0.5) is 0 Å². The largest absolute Gasteiger partial charge is 0.309 e. The fraction of sp³-hybridized carbons (Fsp3) is 0.714. The monoisotopic (exact) mass is 127 g/mol. The van der Waals surface area contributed by atoms with E-state index in [1.807, 2.05) is 6.92 Å². The first kappa shape index (κ1) is 8.34. The molecule has 1 N–H and O–H groups in total. The lowest BCUT2D eigenvalue weighted by Crippen LogP contribution is -2.17. The third kappa shape index (κ3) is 2.40.